The Morgan fingerprint density at radius 1 is 0.981 bits per heavy atom. The third kappa shape index (κ3) is 10.5. The van der Waals surface area contributed by atoms with Crippen molar-refractivity contribution < 1.29 is 29.1 Å². The minimum Gasteiger partial charge on any atom is -0.390 e. The SMILES string of the molecule is CC(=O)N(C(=O)[C@@H](N)Cc1ccccc1)[C@](CC(C)C)(C(=O)N[C@@H](CC1CCCCC1)[C@@H](O)CC(=O)NCC(C)C)C1C(=O)Nc2ccc(CCN)cc21. The molecule has 1 aliphatic heterocycles. The highest BCUT2D eigenvalue weighted by Gasteiger charge is 2.60. The molecule has 54 heavy (non-hydrogen) atoms. The summed E-state index contributed by atoms with van der Waals surface area (Å²) in [6, 6.07) is 12.4. The molecule has 5 amide bonds. The fourth-order valence-corrected chi connectivity index (χ4v) is 8.26. The Balaban J connectivity index is 1.88. The third-order valence-electron chi connectivity index (χ3n) is 10.7. The number of fused-ring (bicyclic) bond motifs is 1. The second-order valence-corrected chi connectivity index (χ2v) is 16.2. The number of hydrogen-bond acceptors (Lipinski definition) is 8. The Hall–Kier alpha value is -4.13. The molecule has 4 rings (SSSR count). The molecular formula is C42H62N6O6. The number of benzene rings is 2. The number of hydrogen-bond donors (Lipinski definition) is 6. The van der Waals surface area contributed by atoms with Crippen molar-refractivity contribution in [2.75, 3.05) is 18.4 Å². The number of carbonyl (C=O) groups is 5. The van der Waals surface area contributed by atoms with Gasteiger partial charge >= 0.3 is 0 Å². The van der Waals surface area contributed by atoms with Crippen molar-refractivity contribution in [1.29, 1.82) is 0 Å². The number of nitrogens with one attached hydrogen (secondary N) is 3. The van der Waals surface area contributed by atoms with Gasteiger partial charge in [0.2, 0.25) is 29.5 Å². The number of aliphatic hydroxyl groups is 1. The molecule has 8 N–H and O–H groups in total. The predicted octanol–water partition coefficient (Wildman–Crippen LogP) is 3.93. The van der Waals surface area contributed by atoms with Gasteiger partial charge in [-0.1, -0.05) is 102 Å². The molecular weight excluding hydrogens is 684 g/mol. The lowest BCUT2D eigenvalue weighted by molar-refractivity contribution is -0.163. The maximum atomic E-state index is 15.5. The van der Waals surface area contributed by atoms with E-state index in [-0.39, 0.29) is 42.9 Å². The topological polar surface area (TPSA) is 197 Å². The van der Waals surface area contributed by atoms with E-state index in [2.05, 4.69) is 16.0 Å². The zero-order valence-electron chi connectivity index (χ0n) is 32.7. The molecule has 12 nitrogen and oxygen atoms in total. The molecule has 1 heterocycles. The highest BCUT2D eigenvalue weighted by Crippen LogP contribution is 2.47. The van der Waals surface area contributed by atoms with Crippen molar-refractivity contribution >= 4 is 35.2 Å². The molecule has 2 aromatic carbocycles. The Morgan fingerprint density at radius 3 is 2.28 bits per heavy atom. The van der Waals surface area contributed by atoms with Gasteiger partial charge < -0.3 is 32.5 Å². The molecule has 5 atom stereocenters. The molecule has 0 aromatic heterocycles. The van der Waals surface area contributed by atoms with Crippen LogP contribution in [0, 0.1) is 17.8 Å². The molecule has 0 radical (unpaired) electrons. The van der Waals surface area contributed by atoms with E-state index < -0.39 is 53.3 Å². The van der Waals surface area contributed by atoms with Gasteiger partial charge in [-0.15, -0.1) is 0 Å². The number of rotatable bonds is 18. The van der Waals surface area contributed by atoms with Crippen LogP contribution >= 0.6 is 0 Å². The molecule has 2 aromatic rings. The zero-order valence-corrected chi connectivity index (χ0v) is 32.7. The van der Waals surface area contributed by atoms with Crippen LogP contribution in [0.5, 0.6) is 0 Å². The van der Waals surface area contributed by atoms with Crippen LogP contribution in [-0.2, 0) is 36.8 Å². The first-order valence-electron chi connectivity index (χ1n) is 19.7. The van der Waals surface area contributed by atoms with Gasteiger partial charge in [-0.3, -0.25) is 28.9 Å². The van der Waals surface area contributed by atoms with Gasteiger partial charge in [-0.05, 0) is 72.7 Å². The quantitative estimate of drug-likeness (QED) is 0.132. The first-order chi connectivity index (χ1) is 25.7. The van der Waals surface area contributed by atoms with E-state index in [1.54, 1.807) is 6.07 Å². The number of imide groups is 1. The van der Waals surface area contributed by atoms with Gasteiger partial charge in [0.05, 0.1) is 30.5 Å². The summed E-state index contributed by atoms with van der Waals surface area (Å²) in [6.45, 7) is 9.66. The molecule has 0 spiro atoms. The Bertz CT molecular complexity index is 1610. The van der Waals surface area contributed by atoms with Crippen LogP contribution in [0.15, 0.2) is 48.5 Å². The van der Waals surface area contributed by atoms with Gasteiger partial charge in [-0.2, -0.15) is 0 Å². The molecule has 296 valence electrons. The van der Waals surface area contributed by atoms with E-state index in [9.17, 15) is 24.3 Å². The Morgan fingerprint density at radius 2 is 1.67 bits per heavy atom. The van der Waals surface area contributed by atoms with Crippen molar-refractivity contribution in [3.8, 4) is 0 Å². The van der Waals surface area contributed by atoms with Gasteiger partial charge in [-0.25, -0.2) is 0 Å². The second kappa shape index (κ2) is 19.5. The second-order valence-electron chi connectivity index (χ2n) is 16.2. The van der Waals surface area contributed by atoms with Gasteiger partial charge in [0.1, 0.15) is 5.54 Å². The molecule has 0 saturated heterocycles. The molecule has 1 fully saturated rings. The van der Waals surface area contributed by atoms with Gasteiger partial charge in [0, 0.05) is 19.2 Å². The average Bonchev–Trinajstić information content (AvgIpc) is 3.45. The van der Waals surface area contributed by atoms with Crippen LogP contribution < -0.4 is 27.4 Å². The van der Waals surface area contributed by atoms with Crippen LogP contribution in [0.2, 0.25) is 0 Å². The summed E-state index contributed by atoms with van der Waals surface area (Å²) in [6.07, 6.45) is 4.32. The normalized spacial score (nSPS) is 18.6. The molecule has 1 aliphatic carbocycles. The molecule has 1 saturated carbocycles. The number of aliphatic hydroxyl groups excluding tert-OH is 1. The van der Waals surface area contributed by atoms with Crippen molar-refractivity contribution in [2.24, 2.45) is 29.2 Å². The van der Waals surface area contributed by atoms with Gasteiger partial charge in [0.15, 0.2) is 0 Å². The fourth-order valence-electron chi connectivity index (χ4n) is 8.26. The van der Waals surface area contributed by atoms with Crippen molar-refractivity contribution in [3.05, 3.63) is 65.2 Å². The number of carbonyl (C=O) groups excluding carboxylic acids is 5. The summed E-state index contributed by atoms with van der Waals surface area (Å²) in [5.41, 5.74) is 12.9. The summed E-state index contributed by atoms with van der Waals surface area (Å²) in [5, 5.41) is 20.6. The monoisotopic (exact) mass is 746 g/mol. The van der Waals surface area contributed by atoms with Crippen molar-refractivity contribution in [2.45, 2.75) is 128 Å². The molecule has 1 unspecified atom stereocenters. The average molecular weight is 747 g/mol. The smallest absolute Gasteiger partial charge is 0.247 e. The summed E-state index contributed by atoms with van der Waals surface area (Å²) < 4.78 is 0. The lowest BCUT2D eigenvalue weighted by Crippen LogP contribution is -2.70. The first-order valence-corrected chi connectivity index (χ1v) is 19.7. The predicted molar refractivity (Wildman–Crippen MR) is 210 cm³/mol. The number of amides is 5. The fraction of sp³-hybridized carbons (Fsp3) is 0.595. The molecule has 0 bridgehead atoms. The number of nitrogens with zero attached hydrogens (tertiary/aromatic N) is 1. The van der Waals surface area contributed by atoms with Crippen LogP contribution in [-0.4, -0.2) is 76.4 Å². The molecule has 2 aliphatic rings. The Labute approximate surface area is 320 Å². The number of nitrogens with two attached hydrogens (primary N) is 2. The lowest BCUT2D eigenvalue weighted by Gasteiger charge is -2.46. The summed E-state index contributed by atoms with van der Waals surface area (Å²) in [7, 11) is 0. The first kappa shape index (κ1) is 42.6. The summed E-state index contributed by atoms with van der Waals surface area (Å²) in [4.78, 5) is 72.6. The van der Waals surface area contributed by atoms with Crippen molar-refractivity contribution in [3.63, 3.8) is 0 Å². The van der Waals surface area contributed by atoms with Crippen LogP contribution in [0.3, 0.4) is 0 Å². The minimum atomic E-state index is -2.10. The van der Waals surface area contributed by atoms with Crippen LogP contribution in [0.1, 0.15) is 109 Å². The molecule has 12 heteroatoms. The zero-order chi connectivity index (χ0) is 39.6. The third-order valence-corrected chi connectivity index (χ3v) is 10.7. The van der Waals surface area contributed by atoms with Crippen molar-refractivity contribution in [1.82, 2.24) is 15.5 Å². The largest absolute Gasteiger partial charge is 0.390 e. The highest BCUT2D eigenvalue weighted by molar-refractivity contribution is 6.12. The van der Waals surface area contributed by atoms with E-state index in [4.69, 9.17) is 11.5 Å². The minimum absolute atomic E-state index is 0.0814. The Kier molecular flexibility index (Phi) is 15.4. The van der Waals surface area contributed by atoms with E-state index >= 15 is 4.79 Å². The number of anilines is 1. The standard InChI is InChI=1S/C42H62N6O6/c1-26(2)24-42(38-32-20-31(18-19-43)16-17-34(32)46-39(38)52,48(28(5)49)40(53)33(44)21-29-12-8-6-9-13-29)41(54)47-35(22-30-14-10-7-11-15-30)36(50)23-37(51)45-25-27(3)4/h6,8-9,12-13,16-17,20,26-27,30,33,35-36,38,50H,7,10-11,14-15,18-19,21-25,43-44H2,1-5H3,(H,45,51)(H,46,52)(H,47,54)/t33-,35-,36-,38?,42-/m0/s1. The van der Waals surface area contributed by atoms with Crippen LogP contribution in [0.25, 0.3) is 0 Å². The van der Waals surface area contributed by atoms with Gasteiger partial charge in [0.25, 0.3) is 0 Å². The van der Waals surface area contributed by atoms with Crippen LogP contribution in [0.4, 0.5) is 5.69 Å². The maximum absolute atomic E-state index is 15.5. The maximum Gasteiger partial charge on any atom is 0.247 e. The lowest BCUT2D eigenvalue weighted by atomic mass is 9.71. The van der Waals surface area contributed by atoms with E-state index in [0.717, 1.165) is 48.1 Å². The van der Waals surface area contributed by atoms with E-state index in [1.807, 2.05) is 70.2 Å². The van der Waals surface area contributed by atoms with E-state index in [0.29, 0.717) is 37.2 Å². The highest BCUT2D eigenvalue weighted by atomic mass is 16.3. The summed E-state index contributed by atoms with van der Waals surface area (Å²) in [5.74, 6) is -4.42. The van der Waals surface area contributed by atoms with E-state index in [1.165, 1.54) is 6.92 Å². The summed E-state index contributed by atoms with van der Waals surface area (Å²) >= 11 is 0.